The predicted molar refractivity (Wildman–Crippen MR) is 62.6 cm³/mol. The van der Waals surface area contributed by atoms with E-state index < -0.39 is 17.8 Å². The zero-order valence-electron chi connectivity index (χ0n) is 9.94. The van der Waals surface area contributed by atoms with Crippen LogP contribution in [0.25, 0.3) is 0 Å². The van der Waals surface area contributed by atoms with Gasteiger partial charge in [0.25, 0.3) is 5.91 Å². The Kier molecular flexibility index (Phi) is 3.36. The second kappa shape index (κ2) is 4.69. The highest BCUT2D eigenvalue weighted by atomic mass is 19.4. The van der Waals surface area contributed by atoms with E-state index in [9.17, 15) is 18.0 Å². The second-order valence-electron chi connectivity index (χ2n) is 4.42. The molecule has 0 aliphatic carbocycles. The van der Waals surface area contributed by atoms with Gasteiger partial charge < -0.3 is 16.4 Å². The number of rotatable bonds is 2. The van der Waals surface area contributed by atoms with Crippen LogP contribution < -0.4 is 16.4 Å². The van der Waals surface area contributed by atoms with Gasteiger partial charge in [-0.1, -0.05) is 0 Å². The van der Waals surface area contributed by atoms with Crippen molar-refractivity contribution in [2.24, 2.45) is 11.5 Å². The van der Waals surface area contributed by atoms with Crippen molar-refractivity contribution < 1.29 is 18.0 Å². The van der Waals surface area contributed by atoms with Gasteiger partial charge in [0.2, 0.25) is 0 Å². The van der Waals surface area contributed by atoms with Crippen LogP contribution in [0, 0.1) is 0 Å². The van der Waals surface area contributed by atoms with E-state index in [1.54, 1.807) is 4.90 Å². The molecule has 0 bridgehead atoms. The number of halogens is 3. The first-order valence-corrected chi connectivity index (χ1v) is 5.67. The molecule has 1 unspecified atom stereocenters. The first-order valence-electron chi connectivity index (χ1n) is 5.67. The van der Waals surface area contributed by atoms with Crippen LogP contribution in [0.5, 0.6) is 0 Å². The third-order valence-electron chi connectivity index (χ3n) is 2.96. The highest BCUT2D eigenvalue weighted by Gasteiger charge is 2.34. The molecule has 2 rings (SSSR count). The number of aromatic nitrogens is 1. The van der Waals surface area contributed by atoms with Crippen LogP contribution in [0.4, 0.5) is 19.0 Å². The Balaban J connectivity index is 2.45. The maximum absolute atomic E-state index is 12.6. The molecule has 2 heterocycles. The summed E-state index contributed by atoms with van der Waals surface area (Å²) in [7, 11) is 0. The molecule has 0 aromatic carbocycles. The predicted octanol–water partition coefficient (Wildman–Crippen LogP) is 0.737. The Labute approximate surface area is 107 Å². The second-order valence-corrected chi connectivity index (χ2v) is 4.42. The van der Waals surface area contributed by atoms with Crippen molar-refractivity contribution >= 4 is 11.7 Å². The van der Waals surface area contributed by atoms with Gasteiger partial charge in [-0.2, -0.15) is 13.2 Å². The summed E-state index contributed by atoms with van der Waals surface area (Å²) in [4.78, 5) is 16.3. The fourth-order valence-corrected chi connectivity index (χ4v) is 2.02. The van der Waals surface area contributed by atoms with Crippen molar-refractivity contribution in [1.29, 1.82) is 0 Å². The standard InChI is InChI=1S/C11H13F3N4O/c12-11(13,14)8-2-1-7(9(16)19)10(17-8)18-4-3-6(15)5-18/h1-2,6H,3-5,15H2,(H2,16,19). The third kappa shape index (κ3) is 2.78. The molecule has 104 valence electrons. The molecule has 1 atom stereocenters. The van der Waals surface area contributed by atoms with Crippen LogP contribution >= 0.6 is 0 Å². The highest BCUT2D eigenvalue weighted by Crippen LogP contribution is 2.31. The van der Waals surface area contributed by atoms with Gasteiger partial charge in [-0.25, -0.2) is 4.98 Å². The minimum atomic E-state index is -4.56. The number of pyridine rings is 1. The fourth-order valence-electron chi connectivity index (χ4n) is 2.02. The largest absolute Gasteiger partial charge is 0.433 e. The molecule has 0 radical (unpaired) electrons. The average molecular weight is 274 g/mol. The van der Waals surface area contributed by atoms with E-state index >= 15 is 0 Å². The molecule has 19 heavy (non-hydrogen) atoms. The number of primary amides is 1. The SMILES string of the molecule is NC(=O)c1ccc(C(F)(F)F)nc1N1CCC(N)C1. The van der Waals surface area contributed by atoms with E-state index in [1.807, 2.05) is 0 Å². The van der Waals surface area contributed by atoms with Gasteiger partial charge in [0, 0.05) is 19.1 Å². The molecule has 1 fully saturated rings. The van der Waals surface area contributed by atoms with Crippen LogP contribution in [0.15, 0.2) is 12.1 Å². The fraction of sp³-hybridized carbons (Fsp3) is 0.455. The van der Waals surface area contributed by atoms with Gasteiger partial charge in [0.15, 0.2) is 0 Å². The Bertz CT molecular complexity index is 503. The summed E-state index contributed by atoms with van der Waals surface area (Å²) in [6, 6.07) is 1.66. The summed E-state index contributed by atoms with van der Waals surface area (Å²) in [6.45, 7) is 0.810. The Hall–Kier alpha value is -1.83. The van der Waals surface area contributed by atoms with E-state index in [1.165, 1.54) is 0 Å². The molecule has 5 nitrogen and oxygen atoms in total. The van der Waals surface area contributed by atoms with Gasteiger partial charge in [-0.3, -0.25) is 4.79 Å². The quantitative estimate of drug-likeness (QED) is 0.832. The lowest BCUT2D eigenvalue weighted by atomic mass is 10.2. The first-order chi connectivity index (χ1) is 8.79. The number of hydrogen-bond donors (Lipinski definition) is 2. The van der Waals surface area contributed by atoms with Gasteiger partial charge in [0.05, 0.1) is 5.56 Å². The zero-order valence-corrected chi connectivity index (χ0v) is 9.94. The van der Waals surface area contributed by atoms with Gasteiger partial charge >= 0.3 is 6.18 Å². The minimum Gasteiger partial charge on any atom is -0.365 e. The number of amides is 1. The summed E-state index contributed by atoms with van der Waals surface area (Å²) >= 11 is 0. The number of nitrogens with zero attached hydrogens (tertiary/aromatic N) is 2. The molecular weight excluding hydrogens is 261 g/mol. The van der Waals surface area contributed by atoms with Gasteiger partial charge in [-0.05, 0) is 18.6 Å². The van der Waals surface area contributed by atoms with E-state index in [2.05, 4.69) is 4.98 Å². The van der Waals surface area contributed by atoms with Crippen molar-refractivity contribution in [2.75, 3.05) is 18.0 Å². The lowest BCUT2D eigenvalue weighted by molar-refractivity contribution is -0.141. The summed E-state index contributed by atoms with van der Waals surface area (Å²) in [5, 5.41) is 0. The Morgan fingerprint density at radius 1 is 1.42 bits per heavy atom. The zero-order chi connectivity index (χ0) is 14.2. The average Bonchev–Trinajstić information content (AvgIpc) is 2.73. The lowest BCUT2D eigenvalue weighted by Gasteiger charge is -2.20. The molecule has 4 N–H and O–H groups in total. The van der Waals surface area contributed by atoms with Gasteiger partial charge in [-0.15, -0.1) is 0 Å². The number of carbonyl (C=O) groups is 1. The molecule has 1 aromatic rings. The van der Waals surface area contributed by atoms with Crippen molar-refractivity contribution in [2.45, 2.75) is 18.6 Å². The number of alkyl halides is 3. The molecule has 1 aromatic heterocycles. The summed E-state index contributed by atoms with van der Waals surface area (Å²) in [6.07, 6.45) is -3.93. The van der Waals surface area contributed by atoms with E-state index in [0.717, 1.165) is 12.1 Å². The Morgan fingerprint density at radius 2 is 2.11 bits per heavy atom. The van der Waals surface area contributed by atoms with Crippen molar-refractivity contribution in [3.63, 3.8) is 0 Å². The number of hydrogen-bond acceptors (Lipinski definition) is 4. The van der Waals surface area contributed by atoms with Crippen molar-refractivity contribution in [1.82, 2.24) is 4.98 Å². The summed E-state index contributed by atoms with van der Waals surface area (Å²) in [5.74, 6) is -0.855. The van der Waals surface area contributed by atoms with Crippen molar-refractivity contribution in [3.8, 4) is 0 Å². The summed E-state index contributed by atoms with van der Waals surface area (Å²) < 4.78 is 37.9. The van der Waals surface area contributed by atoms with Crippen LogP contribution in [-0.4, -0.2) is 30.0 Å². The van der Waals surface area contributed by atoms with Gasteiger partial charge in [0.1, 0.15) is 11.5 Å². The number of nitrogens with two attached hydrogens (primary N) is 2. The number of carbonyl (C=O) groups excluding carboxylic acids is 1. The Morgan fingerprint density at radius 3 is 2.58 bits per heavy atom. The first kappa shape index (κ1) is 13.6. The van der Waals surface area contributed by atoms with E-state index in [-0.39, 0.29) is 17.4 Å². The van der Waals surface area contributed by atoms with Crippen LogP contribution in [0.3, 0.4) is 0 Å². The summed E-state index contributed by atoms with van der Waals surface area (Å²) in [5.41, 5.74) is 9.79. The molecule has 1 amide bonds. The molecule has 8 heteroatoms. The monoisotopic (exact) mass is 274 g/mol. The third-order valence-corrected chi connectivity index (χ3v) is 2.96. The van der Waals surface area contributed by atoms with Crippen LogP contribution in [0.1, 0.15) is 22.5 Å². The molecule has 0 spiro atoms. The normalized spacial score (nSPS) is 19.8. The molecule has 0 saturated carbocycles. The molecule has 1 saturated heterocycles. The van der Waals surface area contributed by atoms with Crippen LogP contribution in [-0.2, 0) is 6.18 Å². The molecule has 1 aliphatic heterocycles. The van der Waals surface area contributed by atoms with E-state index in [0.29, 0.717) is 19.5 Å². The maximum Gasteiger partial charge on any atom is 0.433 e. The highest BCUT2D eigenvalue weighted by molar-refractivity contribution is 5.97. The smallest absolute Gasteiger partial charge is 0.365 e. The maximum atomic E-state index is 12.6. The van der Waals surface area contributed by atoms with Crippen molar-refractivity contribution in [3.05, 3.63) is 23.4 Å². The van der Waals surface area contributed by atoms with E-state index in [4.69, 9.17) is 11.5 Å². The topological polar surface area (TPSA) is 85.2 Å². The number of anilines is 1. The van der Waals surface area contributed by atoms with Crippen LogP contribution in [0.2, 0.25) is 0 Å². The molecular formula is C11H13F3N4O. The minimum absolute atomic E-state index is 0.0258. The molecule has 1 aliphatic rings. The lowest BCUT2D eigenvalue weighted by Crippen LogP contribution is -2.29.